The Hall–Kier alpha value is -1.70. The molecule has 21 heavy (non-hydrogen) atoms. The molecule has 0 bridgehead atoms. The molecule has 0 unspecified atom stereocenters. The molecule has 0 aliphatic heterocycles. The molecule has 1 heterocycles. The first-order valence-corrected chi connectivity index (χ1v) is 7.27. The smallest absolute Gasteiger partial charge is 0.368 e. The Morgan fingerprint density at radius 2 is 2.00 bits per heavy atom. The molecule has 0 saturated heterocycles. The van der Waals surface area contributed by atoms with Crippen molar-refractivity contribution >= 4 is 17.7 Å². The average molecular weight is 316 g/mol. The molecule has 1 aromatic carbocycles. The Bertz CT molecular complexity index is 622. The zero-order valence-corrected chi connectivity index (χ0v) is 12.4. The van der Waals surface area contributed by atoms with E-state index in [2.05, 4.69) is 10.2 Å². The highest BCUT2D eigenvalue weighted by Gasteiger charge is 2.30. The summed E-state index contributed by atoms with van der Waals surface area (Å²) in [5, 5.41) is 8.35. The van der Waals surface area contributed by atoms with Gasteiger partial charge in [0.1, 0.15) is 0 Å². The predicted octanol–water partition coefficient (Wildman–Crippen LogP) is 3.75. The second kappa shape index (κ2) is 5.97. The van der Waals surface area contributed by atoms with Crippen LogP contribution in [0.4, 0.5) is 19.1 Å². The van der Waals surface area contributed by atoms with Gasteiger partial charge in [-0.2, -0.15) is 13.2 Å². The third kappa shape index (κ3) is 3.69. The molecule has 0 atom stereocenters. The van der Waals surface area contributed by atoms with Gasteiger partial charge in [0.05, 0.1) is 5.56 Å². The van der Waals surface area contributed by atoms with Gasteiger partial charge in [-0.1, -0.05) is 30.0 Å². The summed E-state index contributed by atoms with van der Waals surface area (Å²) >= 11 is 1.31. The zero-order valence-electron chi connectivity index (χ0n) is 11.6. The van der Waals surface area contributed by atoms with Crippen molar-refractivity contribution in [3.8, 4) is 0 Å². The summed E-state index contributed by atoms with van der Waals surface area (Å²) in [5.74, 6) is 0.672. The Labute approximate surface area is 124 Å². The van der Waals surface area contributed by atoms with Gasteiger partial charge in [-0.15, -0.1) is 10.2 Å². The lowest BCUT2D eigenvalue weighted by molar-refractivity contribution is -0.137. The van der Waals surface area contributed by atoms with E-state index in [1.54, 1.807) is 10.6 Å². The van der Waals surface area contributed by atoms with E-state index < -0.39 is 11.7 Å². The summed E-state index contributed by atoms with van der Waals surface area (Å²) in [5.41, 5.74) is 5.65. The Kier molecular flexibility index (Phi) is 4.46. The number of aromatic nitrogens is 3. The van der Waals surface area contributed by atoms with Crippen LogP contribution in [-0.4, -0.2) is 14.8 Å². The van der Waals surface area contributed by atoms with Gasteiger partial charge in [-0.25, -0.2) is 0 Å². The molecule has 0 amide bonds. The van der Waals surface area contributed by atoms with E-state index in [0.717, 1.165) is 12.1 Å². The number of thioether (sulfide) groups is 1. The van der Waals surface area contributed by atoms with Gasteiger partial charge < -0.3 is 5.73 Å². The minimum Gasteiger partial charge on any atom is -0.368 e. The van der Waals surface area contributed by atoms with E-state index in [0.29, 0.717) is 22.4 Å². The highest BCUT2D eigenvalue weighted by atomic mass is 32.2. The van der Waals surface area contributed by atoms with Crippen LogP contribution in [0.2, 0.25) is 0 Å². The average Bonchev–Trinajstić information content (AvgIpc) is 2.77. The number of alkyl halides is 3. The van der Waals surface area contributed by atoms with Crippen LogP contribution >= 0.6 is 11.8 Å². The van der Waals surface area contributed by atoms with E-state index >= 15 is 0 Å². The number of nitrogen functional groups attached to an aromatic ring is 1. The van der Waals surface area contributed by atoms with E-state index in [1.807, 2.05) is 13.8 Å². The summed E-state index contributed by atoms with van der Waals surface area (Å²) in [6, 6.07) is 5.35. The summed E-state index contributed by atoms with van der Waals surface area (Å²) in [6.07, 6.45) is -4.33. The van der Waals surface area contributed by atoms with Gasteiger partial charge in [0.2, 0.25) is 5.95 Å². The maximum absolute atomic E-state index is 12.7. The molecule has 2 N–H and O–H groups in total. The van der Waals surface area contributed by atoms with Crippen molar-refractivity contribution in [2.45, 2.75) is 37.0 Å². The molecule has 2 rings (SSSR count). The van der Waals surface area contributed by atoms with Crippen LogP contribution in [0.5, 0.6) is 0 Å². The molecule has 1 aromatic heterocycles. The van der Waals surface area contributed by atoms with Crippen LogP contribution in [0.1, 0.15) is 31.0 Å². The molecule has 114 valence electrons. The van der Waals surface area contributed by atoms with Crippen molar-refractivity contribution in [3.63, 3.8) is 0 Å². The van der Waals surface area contributed by atoms with Crippen molar-refractivity contribution in [2.75, 3.05) is 5.73 Å². The van der Waals surface area contributed by atoms with E-state index in [1.165, 1.54) is 17.8 Å². The zero-order chi connectivity index (χ0) is 15.6. The second-order valence-corrected chi connectivity index (χ2v) is 5.73. The highest BCUT2D eigenvalue weighted by Crippen LogP contribution is 2.31. The minimum absolute atomic E-state index is 0.0870. The molecule has 0 fully saturated rings. The summed E-state index contributed by atoms with van der Waals surface area (Å²) in [7, 11) is 0. The van der Waals surface area contributed by atoms with Gasteiger partial charge in [-0.3, -0.25) is 4.57 Å². The van der Waals surface area contributed by atoms with E-state index in [9.17, 15) is 13.2 Å². The second-order valence-electron chi connectivity index (χ2n) is 4.79. The van der Waals surface area contributed by atoms with Crippen molar-refractivity contribution in [1.82, 2.24) is 14.8 Å². The topological polar surface area (TPSA) is 56.7 Å². The van der Waals surface area contributed by atoms with Crippen molar-refractivity contribution in [1.29, 1.82) is 0 Å². The van der Waals surface area contributed by atoms with Crippen LogP contribution in [-0.2, 0) is 11.9 Å². The molecule has 0 saturated carbocycles. The minimum atomic E-state index is -4.33. The third-order valence-electron chi connectivity index (χ3n) is 2.83. The fourth-order valence-corrected chi connectivity index (χ4v) is 2.87. The first-order valence-electron chi connectivity index (χ1n) is 6.28. The standard InChI is InChI=1S/C13H15F3N4S/c1-8(2)20-11(17)18-19-12(20)21-7-9-4-3-5-10(6-9)13(14,15)16/h3-6,8H,7H2,1-2H3,(H2,17,18). The number of rotatable bonds is 4. The number of nitrogens with zero attached hydrogens (tertiary/aromatic N) is 3. The normalized spacial score (nSPS) is 12.1. The number of hydrogen-bond donors (Lipinski definition) is 1. The molecule has 0 aliphatic carbocycles. The molecule has 0 aliphatic rings. The van der Waals surface area contributed by atoms with Crippen LogP contribution in [0, 0.1) is 0 Å². The van der Waals surface area contributed by atoms with Crippen LogP contribution in [0.25, 0.3) is 0 Å². The van der Waals surface area contributed by atoms with Crippen molar-refractivity contribution < 1.29 is 13.2 Å². The van der Waals surface area contributed by atoms with Gasteiger partial charge in [0.25, 0.3) is 0 Å². The lowest BCUT2D eigenvalue weighted by Crippen LogP contribution is -2.07. The predicted molar refractivity (Wildman–Crippen MR) is 75.8 cm³/mol. The largest absolute Gasteiger partial charge is 0.416 e. The number of nitrogens with two attached hydrogens (primary N) is 1. The fraction of sp³-hybridized carbons (Fsp3) is 0.385. The van der Waals surface area contributed by atoms with Gasteiger partial charge >= 0.3 is 6.18 Å². The number of hydrogen-bond acceptors (Lipinski definition) is 4. The number of anilines is 1. The Balaban J connectivity index is 2.14. The van der Waals surface area contributed by atoms with Crippen LogP contribution in [0.3, 0.4) is 0 Å². The number of benzene rings is 1. The Morgan fingerprint density at radius 1 is 1.29 bits per heavy atom. The van der Waals surface area contributed by atoms with Gasteiger partial charge in [0.15, 0.2) is 5.16 Å². The van der Waals surface area contributed by atoms with Crippen molar-refractivity contribution in [2.24, 2.45) is 0 Å². The van der Waals surface area contributed by atoms with Gasteiger partial charge in [0, 0.05) is 11.8 Å². The molecule has 0 radical (unpaired) electrons. The Morgan fingerprint density at radius 3 is 2.62 bits per heavy atom. The first-order chi connectivity index (χ1) is 9.79. The molecule has 4 nitrogen and oxygen atoms in total. The van der Waals surface area contributed by atoms with Crippen LogP contribution in [0.15, 0.2) is 29.4 Å². The van der Waals surface area contributed by atoms with E-state index in [4.69, 9.17) is 5.73 Å². The summed E-state index contributed by atoms with van der Waals surface area (Å²) in [4.78, 5) is 0. The summed E-state index contributed by atoms with van der Waals surface area (Å²) in [6.45, 7) is 3.88. The molecule has 2 aromatic rings. The SMILES string of the molecule is CC(C)n1c(N)nnc1SCc1cccc(C(F)(F)F)c1. The lowest BCUT2D eigenvalue weighted by Gasteiger charge is -2.12. The maximum atomic E-state index is 12.7. The number of halogens is 3. The quantitative estimate of drug-likeness (QED) is 0.873. The third-order valence-corrected chi connectivity index (χ3v) is 3.84. The molecule has 0 spiro atoms. The summed E-state index contributed by atoms with van der Waals surface area (Å²) < 4.78 is 39.7. The van der Waals surface area contributed by atoms with Gasteiger partial charge in [-0.05, 0) is 25.5 Å². The molecule has 8 heteroatoms. The monoisotopic (exact) mass is 316 g/mol. The van der Waals surface area contributed by atoms with E-state index in [-0.39, 0.29) is 6.04 Å². The maximum Gasteiger partial charge on any atom is 0.416 e. The molecular formula is C13H15F3N4S. The van der Waals surface area contributed by atoms with Crippen molar-refractivity contribution in [3.05, 3.63) is 35.4 Å². The lowest BCUT2D eigenvalue weighted by atomic mass is 10.1. The molecular weight excluding hydrogens is 301 g/mol. The first kappa shape index (κ1) is 15.7. The van der Waals surface area contributed by atoms with Crippen LogP contribution < -0.4 is 5.73 Å². The highest BCUT2D eigenvalue weighted by molar-refractivity contribution is 7.98. The fourth-order valence-electron chi connectivity index (χ4n) is 1.86.